The minimum absolute atomic E-state index is 0.0255. The number of aromatic nitrogens is 3. The van der Waals surface area contributed by atoms with E-state index in [1.807, 2.05) is 0 Å². The first kappa shape index (κ1) is 22.7. The van der Waals surface area contributed by atoms with Gasteiger partial charge in [0, 0.05) is 18.3 Å². The summed E-state index contributed by atoms with van der Waals surface area (Å²) in [6, 6.07) is 5.05. The smallest absolute Gasteiger partial charge is 0.285 e. The van der Waals surface area contributed by atoms with Crippen LogP contribution in [0.3, 0.4) is 0 Å². The Morgan fingerprint density at radius 2 is 1.90 bits per heavy atom. The fourth-order valence-corrected chi connectivity index (χ4v) is 3.57. The van der Waals surface area contributed by atoms with Crippen LogP contribution in [0.4, 0.5) is 8.78 Å². The molecular weight excluding hydrogens is 447 g/mol. The van der Waals surface area contributed by atoms with Crippen LogP contribution in [0, 0.1) is 18.2 Å². The maximum Gasteiger partial charge on any atom is 0.336 e. The average molecular weight is 464 g/mol. The molecule has 0 bridgehead atoms. The van der Waals surface area contributed by atoms with Crippen LogP contribution in [0.25, 0.3) is 16.8 Å². The number of benzene rings is 1. The number of hydrogen-bond acceptors (Lipinski definition) is 3. The van der Waals surface area contributed by atoms with Crippen LogP contribution in [0.15, 0.2) is 46.2 Å². The summed E-state index contributed by atoms with van der Waals surface area (Å²) in [7, 11) is 0. The molecule has 0 saturated heterocycles. The monoisotopic (exact) mass is 463 g/mol. The number of alkyl halides is 1. The highest BCUT2D eigenvalue weighted by atomic mass is 35.5. The van der Waals surface area contributed by atoms with E-state index in [9.17, 15) is 18.4 Å². The van der Waals surface area contributed by atoms with Crippen LogP contribution in [0.1, 0.15) is 19.5 Å². The first-order chi connectivity index (χ1) is 14.5. The average Bonchev–Trinajstić information content (AvgIpc) is 2.67. The summed E-state index contributed by atoms with van der Waals surface area (Å²) in [5.41, 5.74) is -2.94. The van der Waals surface area contributed by atoms with Crippen molar-refractivity contribution in [3.63, 3.8) is 0 Å². The molecule has 0 spiro atoms. The van der Waals surface area contributed by atoms with Gasteiger partial charge in [-0.1, -0.05) is 35.2 Å². The molecule has 1 aromatic carbocycles. The van der Waals surface area contributed by atoms with Crippen LogP contribution < -0.4 is 11.2 Å². The summed E-state index contributed by atoms with van der Waals surface area (Å²) in [6.45, 7) is 2.40. The minimum Gasteiger partial charge on any atom is -0.285 e. The number of rotatable bonds is 5. The molecule has 5 nitrogen and oxygen atoms in total. The minimum atomic E-state index is -1.78. The Hall–Kier alpha value is -2.95. The number of terminal acetylenes is 1. The van der Waals surface area contributed by atoms with Crippen LogP contribution in [0.5, 0.6) is 0 Å². The van der Waals surface area contributed by atoms with Gasteiger partial charge in [-0.25, -0.2) is 18.1 Å². The largest absolute Gasteiger partial charge is 0.336 e. The number of hydrogen-bond donors (Lipinski definition) is 0. The molecule has 0 fully saturated rings. The van der Waals surface area contributed by atoms with E-state index >= 15 is 0 Å². The van der Waals surface area contributed by atoms with Gasteiger partial charge in [-0.15, -0.1) is 6.42 Å². The van der Waals surface area contributed by atoms with Crippen LogP contribution >= 0.6 is 23.2 Å². The van der Waals surface area contributed by atoms with Crippen molar-refractivity contribution in [2.45, 2.75) is 32.5 Å². The predicted molar refractivity (Wildman–Crippen MR) is 117 cm³/mol. The number of nitrogens with zero attached hydrogens (tertiary/aromatic N) is 3. The van der Waals surface area contributed by atoms with E-state index in [2.05, 4.69) is 10.9 Å². The van der Waals surface area contributed by atoms with Gasteiger partial charge in [-0.3, -0.25) is 14.3 Å². The lowest BCUT2D eigenvalue weighted by atomic mass is 9.96. The molecule has 0 aliphatic heterocycles. The second kappa shape index (κ2) is 8.66. The first-order valence-electron chi connectivity index (χ1n) is 9.11. The lowest BCUT2D eigenvalue weighted by Crippen LogP contribution is -2.42. The molecule has 9 heteroatoms. The molecule has 0 radical (unpaired) electrons. The van der Waals surface area contributed by atoms with E-state index in [1.54, 1.807) is 0 Å². The number of pyridine rings is 1. The van der Waals surface area contributed by atoms with Gasteiger partial charge >= 0.3 is 5.69 Å². The lowest BCUT2D eigenvalue weighted by Gasteiger charge is -2.22. The normalized spacial score (nSPS) is 11.4. The highest BCUT2D eigenvalue weighted by Gasteiger charge is 2.27. The Morgan fingerprint density at radius 1 is 1.19 bits per heavy atom. The molecular formula is C22H17Cl2F2N3O2. The molecule has 0 unspecified atom stereocenters. The van der Waals surface area contributed by atoms with E-state index in [4.69, 9.17) is 29.6 Å². The van der Waals surface area contributed by atoms with Gasteiger partial charge in [-0.2, -0.15) is 0 Å². The molecule has 0 atom stereocenters. The maximum absolute atomic E-state index is 14.7. The Morgan fingerprint density at radius 3 is 2.48 bits per heavy atom. The summed E-state index contributed by atoms with van der Waals surface area (Å²) in [5.74, 6) is 1.67. The van der Waals surface area contributed by atoms with Gasteiger partial charge in [0.15, 0.2) is 0 Å². The zero-order chi connectivity index (χ0) is 22.9. The lowest BCUT2D eigenvalue weighted by molar-refractivity contribution is 0.213. The molecule has 0 saturated carbocycles. The van der Waals surface area contributed by atoms with Gasteiger partial charge in [0.2, 0.25) is 0 Å². The van der Waals surface area contributed by atoms with Crippen molar-refractivity contribution in [2.24, 2.45) is 0 Å². The van der Waals surface area contributed by atoms with Gasteiger partial charge in [0.05, 0.1) is 34.0 Å². The van der Waals surface area contributed by atoms with E-state index in [0.717, 1.165) is 15.2 Å². The van der Waals surface area contributed by atoms with Gasteiger partial charge < -0.3 is 0 Å². The molecule has 2 aromatic heterocycles. The highest BCUT2D eigenvalue weighted by Crippen LogP contribution is 2.28. The standard InChI is InChI=1S/C22H17Cl2F2N3O2/c1-4-7-28-18(10-22(2,3)26)19(13-5-6-17(25)16(24)8-13)20(30)29(21(28)31)15-9-14(23)11-27-12-15/h1,5-6,8-9,11-12H,7,10H2,2-3H3. The summed E-state index contributed by atoms with van der Waals surface area (Å²) in [6.07, 6.45) is 7.79. The van der Waals surface area contributed by atoms with Crippen molar-refractivity contribution in [1.29, 1.82) is 0 Å². The molecule has 0 amide bonds. The van der Waals surface area contributed by atoms with E-state index < -0.39 is 22.7 Å². The van der Waals surface area contributed by atoms with E-state index in [1.165, 1.54) is 44.4 Å². The summed E-state index contributed by atoms with van der Waals surface area (Å²) < 4.78 is 30.4. The quantitative estimate of drug-likeness (QED) is 0.525. The second-order valence-electron chi connectivity index (χ2n) is 7.42. The fourth-order valence-electron chi connectivity index (χ4n) is 3.22. The SMILES string of the molecule is C#CCn1c(CC(C)(C)F)c(-c2ccc(F)c(Cl)c2)c(=O)n(-c2cncc(Cl)c2)c1=O. The Labute approximate surface area is 186 Å². The Bertz CT molecular complexity index is 1320. The van der Waals surface area contributed by atoms with Crippen LogP contribution in [-0.4, -0.2) is 19.8 Å². The zero-order valence-electron chi connectivity index (χ0n) is 16.6. The second-order valence-corrected chi connectivity index (χ2v) is 8.26. The summed E-state index contributed by atoms with van der Waals surface area (Å²) in [4.78, 5) is 30.7. The predicted octanol–water partition coefficient (Wildman–Crippen LogP) is 4.43. The van der Waals surface area contributed by atoms with Gasteiger partial charge in [0.1, 0.15) is 11.5 Å². The summed E-state index contributed by atoms with van der Waals surface area (Å²) in [5, 5.41) is -0.0272. The maximum atomic E-state index is 14.7. The van der Waals surface area contributed by atoms with Crippen molar-refractivity contribution in [3.8, 4) is 29.2 Å². The van der Waals surface area contributed by atoms with Crippen molar-refractivity contribution in [3.05, 3.63) is 79.1 Å². The third-order valence-corrected chi connectivity index (χ3v) is 4.94. The van der Waals surface area contributed by atoms with Crippen molar-refractivity contribution >= 4 is 23.2 Å². The van der Waals surface area contributed by atoms with Gasteiger partial charge in [0.25, 0.3) is 5.56 Å². The van der Waals surface area contributed by atoms with Crippen molar-refractivity contribution < 1.29 is 8.78 Å². The topological polar surface area (TPSA) is 56.9 Å². The third-order valence-electron chi connectivity index (χ3n) is 4.45. The van der Waals surface area contributed by atoms with Crippen LogP contribution in [0.2, 0.25) is 10.0 Å². The molecule has 3 aromatic rings. The summed E-state index contributed by atoms with van der Waals surface area (Å²) >= 11 is 11.9. The Kier molecular flexibility index (Phi) is 6.35. The molecule has 0 N–H and O–H groups in total. The molecule has 2 heterocycles. The van der Waals surface area contributed by atoms with Crippen LogP contribution in [-0.2, 0) is 13.0 Å². The molecule has 3 rings (SSSR count). The highest BCUT2D eigenvalue weighted by molar-refractivity contribution is 6.31. The molecule has 160 valence electrons. The van der Waals surface area contributed by atoms with E-state index in [-0.39, 0.29) is 45.5 Å². The van der Waals surface area contributed by atoms with E-state index in [0.29, 0.717) is 0 Å². The zero-order valence-corrected chi connectivity index (χ0v) is 18.1. The Balaban J connectivity index is 2.51. The fraction of sp³-hybridized carbons (Fsp3) is 0.227. The molecule has 0 aliphatic rings. The number of halogens is 4. The van der Waals surface area contributed by atoms with Gasteiger partial charge in [-0.05, 0) is 37.6 Å². The molecule has 31 heavy (non-hydrogen) atoms. The molecule has 0 aliphatic carbocycles. The van der Waals surface area contributed by atoms with Crippen molar-refractivity contribution in [1.82, 2.24) is 14.1 Å². The van der Waals surface area contributed by atoms with Crippen molar-refractivity contribution in [2.75, 3.05) is 0 Å². The first-order valence-corrected chi connectivity index (χ1v) is 9.86. The third kappa shape index (κ3) is 4.71.